The minimum absolute atomic E-state index is 0.0515. The molecule has 7 heteroatoms. The van der Waals surface area contributed by atoms with Gasteiger partial charge in [-0.05, 0) is 44.4 Å². The van der Waals surface area contributed by atoms with Crippen LogP contribution >= 0.6 is 11.3 Å². The summed E-state index contributed by atoms with van der Waals surface area (Å²) in [6, 6.07) is 7.06. The maximum atomic E-state index is 13.0. The molecule has 0 amide bonds. The molecule has 0 saturated heterocycles. The molecule has 1 aromatic carbocycles. The summed E-state index contributed by atoms with van der Waals surface area (Å²) in [6.45, 7) is 4.82. The molecule has 0 bridgehead atoms. The van der Waals surface area contributed by atoms with E-state index in [9.17, 15) is 9.59 Å². The van der Waals surface area contributed by atoms with Crippen molar-refractivity contribution in [3.63, 3.8) is 0 Å². The van der Waals surface area contributed by atoms with Gasteiger partial charge in [0.15, 0.2) is 11.5 Å². The lowest BCUT2D eigenvalue weighted by Gasteiger charge is -2.09. The predicted molar refractivity (Wildman–Crippen MR) is 109 cm³/mol. The van der Waals surface area contributed by atoms with E-state index in [4.69, 9.17) is 14.5 Å². The van der Waals surface area contributed by atoms with Crippen LogP contribution in [0.5, 0.6) is 11.5 Å². The van der Waals surface area contributed by atoms with Gasteiger partial charge < -0.3 is 9.47 Å². The normalized spacial score (nSPS) is 13.8. The van der Waals surface area contributed by atoms with Crippen LogP contribution < -0.4 is 15.0 Å². The van der Waals surface area contributed by atoms with E-state index in [2.05, 4.69) is 0 Å². The lowest BCUT2D eigenvalue weighted by Crippen LogP contribution is -2.24. The van der Waals surface area contributed by atoms with Gasteiger partial charge in [0.05, 0.1) is 12.0 Å². The van der Waals surface area contributed by atoms with Crippen molar-refractivity contribution >= 4 is 27.5 Å². The first kappa shape index (κ1) is 18.7. The van der Waals surface area contributed by atoms with Crippen LogP contribution in [0.25, 0.3) is 10.2 Å². The molecule has 0 aliphatic carbocycles. The van der Waals surface area contributed by atoms with Crippen LogP contribution in [0.4, 0.5) is 0 Å². The fourth-order valence-electron chi connectivity index (χ4n) is 3.56. The molecule has 2 aromatic heterocycles. The summed E-state index contributed by atoms with van der Waals surface area (Å²) in [4.78, 5) is 31.6. The molecule has 0 radical (unpaired) electrons. The third-order valence-corrected chi connectivity index (χ3v) is 6.11. The van der Waals surface area contributed by atoms with Crippen molar-refractivity contribution in [1.29, 1.82) is 0 Å². The van der Waals surface area contributed by atoms with E-state index in [-0.39, 0.29) is 5.56 Å². The first-order valence-corrected chi connectivity index (χ1v) is 10.4. The van der Waals surface area contributed by atoms with E-state index < -0.39 is 5.97 Å². The highest BCUT2D eigenvalue weighted by Crippen LogP contribution is 2.32. The van der Waals surface area contributed by atoms with Crippen LogP contribution in [0, 0.1) is 6.92 Å². The van der Waals surface area contributed by atoms with Crippen molar-refractivity contribution in [2.45, 2.75) is 46.1 Å². The topological polar surface area (TPSA) is 70.4 Å². The number of aromatic nitrogens is 2. The van der Waals surface area contributed by atoms with E-state index in [1.165, 1.54) is 11.3 Å². The molecule has 0 fully saturated rings. The van der Waals surface area contributed by atoms with Gasteiger partial charge in [-0.3, -0.25) is 9.36 Å². The van der Waals surface area contributed by atoms with Gasteiger partial charge in [-0.15, -0.1) is 11.3 Å². The quantitative estimate of drug-likeness (QED) is 0.489. The summed E-state index contributed by atoms with van der Waals surface area (Å²) >= 11 is 1.22. The molecule has 0 unspecified atom stereocenters. The molecule has 0 N–H and O–H groups in total. The summed E-state index contributed by atoms with van der Waals surface area (Å²) in [5.41, 5.74) is 0.584. The molecule has 1 aliphatic heterocycles. The SMILES string of the molecule is CCOc1ccccc1OC(=O)c1sc2nc3n(c(=O)c2c1C)CCCCC3. The summed E-state index contributed by atoms with van der Waals surface area (Å²) in [6.07, 6.45) is 3.91. The summed E-state index contributed by atoms with van der Waals surface area (Å²) < 4.78 is 12.9. The molecule has 1 aliphatic rings. The van der Waals surface area contributed by atoms with Gasteiger partial charge in [0.25, 0.3) is 5.56 Å². The fraction of sp³-hybridized carbons (Fsp3) is 0.381. The minimum Gasteiger partial charge on any atom is -0.490 e. The lowest BCUT2D eigenvalue weighted by atomic mass is 10.2. The fourth-order valence-corrected chi connectivity index (χ4v) is 4.63. The Hall–Kier alpha value is -2.67. The van der Waals surface area contributed by atoms with Gasteiger partial charge in [0.1, 0.15) is 15.5 Å². The van der Waals surface area contributed by atoms with Gasteiger partial charge in [0.2, 0.25) is 0 Å². The minimum atomic E-state index is -0.493. The summed E-state index contributed by atoms with van der Waals surface area (Å²) in [5.74, 6) is 1.21. The van der Waals surface area contributed by atoms with Crippen LogP contribution in [-0.2, 0) is 13.0 Å². The smallest absolute Gasteiger partial charge is 0.354 e. The number of fused-ring (bicyclic) bond motifs is 2. The second-order valence-electron chi connectivity index (χ2n) is 6.80. The standard InChI is InChI=1S/C21H22N2O4S/c1-3-26-14-9-6-7-10-15(14)27-21(25)18-13(2)17-19(28-18)22-16-11-5-4-8-12-23(16)20(17)24/h6-7,9-10H,3-5,8,11-12H2,1-2H3. The molecule has 146 valence electrons. The number of aryl methyl sites for hydroxylation is 2. The zero-order chi connectivity index (χ0) is 19.7. The molecular formula is C21H22N2O4S. The monoisotopic (exact) mass is 398 g/mol. The van der Waals surface area contributed by atoms with E-state index in [1.54, 1.807) is 29.7 Å². The van der Waals surface area contributed by atoms with Crippen molar-refractivity contribution in [2.75, 3.05) is 6.61 Å². The van der Waals surface area contributed by atoms with Crippen LogP contribution in [0.3, 0.4) is 0 Å². The van der Waals surface area contributed by atoms with Gasteiger partial charge in [-0.1, -0.05) is 18.6 Å². The molecule has 0 atom stereocenters. The molecular weight excluding hydrogens is 376 g/mol. The Kier molecular flexibility index (Phi) is 5.17. The molecule has 6 nitrogen and oxygen atoms in total. The Morgan fingerprint density at radius 1 is 1.21 bits per heavy atom. The Labute approximate surface area is 166 Å². The summed E-state index contributed by atoms with van der Waals surface area (Å²) in [5, 5.41) is 0.528. The maximum absolute atomic E-state index is 13.0. The van der Waals surface area contributed by atoms with Gasteiger partial charge in [0, 0.05) is 13.0 Å². The number of hydrogen-bond donors (Lipinski definition) is 0. The number of hydrogen-bond acceptors (Lipinski definition) is 6. The van der Waals surface area contributed by atoms with Crippen molar-refractivity contribution in [2.24, 2.45) is 0 Å². The first-order chi connectivity index (χ1) is 13.6. The van der Waals surface area contributed by atoms with Crippen molar-refractivity contribution in [3.05, 3.63) is 50.9 Å². The molecule has 3 heterocycles. The Balaban J connectivity index is 1.74. The van der Waals surface area contributed by atoms with E-state index in [0.29, 0.717) is 45.3 Å². The van der Waals surface area contributed by atoms with Crippen molar-refractivity contribution < 1.29 is 14.3 Å². The van der Waals surface area contributed by atoms with Gasteiger partial charge in [-0.2, -0.15) is 0 Å². The Bertz CT molecular complexity index is 1100. The largest absolute Gasteiger partial charge is 0.490 e. The number of thiophene rings is 1. The zero-order valence-corrected chi connectivity index (χ0v) is 16.8. The number of nitrogens with zero attached hydrogens (tertiary/aromatic N) is 2. The second kappa shape index (κ2) is 7.75. The van der Waals surface area contributed by atoms with E-state index in [0.717, 1.165) is 31.5 Å². The number of ether oxygens (including phenoxy) is 2. The predicted octanol–water partition coefficient (Wildman–Crippen LogP) is 4.11. The lowest BCUT2D eigenvalue weighted by molar-refractivity contribution is 0.0733. The average molecular weight is 398 g/mol. The highest BCUT2D eigenvalue weighted by atomic mass is 32.1. The Morgan fingerprint density at radius 2 is 2.00 bits per heavy atom. The number of rotatable bonds is 4. The second-order valence-corrected chi connectivity index (χ2v) is 7.80. The number of carbonyl (C=O) groups excluding carboxylic acids is 1. The van der Waals surface area contributed by atoms with Gasteiger partial charge in [-0.25, -0.2) is 9.78 Å². The van der Waals surface area contributed by atoms with Crippen LogP contribution in [-0.4, -0.2) is 22.1 Å². The zero-order valence-electron chi connectivity index (χ0n) is 16.0. The van der Waals surface area contributed by atoms with Crippen LogP contribution in [0.1, 0.15) is 47.2 Å². The molecule has 4 rings (SSSR count). The van der Waals surface area contributed by atoms with Crippen molar-refractivity contribution in [3.8, 4) is 11.5 Å². The van der Waals surface area contributed by atoms with Crippen LogP contribution in [0.2, 0.25) is 0 Å². The Morgan fingerprint density at radius 3 is 2.79 bits per heavy atom. The highest BCUT2D eigenvalue weighted by Gasteiger charge is 2.24. The van der Waals surface area contributed by atoms with E-state index >= 15 is 0 Å². The average Bonchev–Trinajstić information content (AvgIpc) is 2.86. The number of para-hydroxylation sites is 2. The molecule has 0 saturated carbocycles. The maximum Gasteiger partial charge on any atom is 0.354 e. The number of carbonyl (C=O) groups is 1. The molecule has 0 spiro atoms. The van der Waals surface area contributed by atoms with Gasteiger partial charge >= 0.3 is 5.97 Å². The third kappa shape index (κ3) is 3.30. The van der Waals surface area contributed by atoms with E-state index in [1.807, 2.05) is 13.0 Å². The van der Waals surface area contributed by atoms with Crippen molar-refractivity contribution in [1.82, 2.24) is 9.55 Å². The molecule has 28 heavy (non-hydrogen) atoms. The number of esters is 1. The summed E-state index contributed by atoms with van der Waals surface area (Å²) in [7, 11) is 0. The first-order valence-electron chi connectivity index (χ1n) is 9.57. The third-order valence-electron chi connectivity index (χ3n) is 4.95. The number of benzene rings is 1. The van der Waals surface area contributed by atoms with Crippen LogP contribution in [0.15, 0.2) is 29.1 Å². The highest BCUT2D eigenvalue weighted by molar-refractivity contribution is 7.20. The molecule has 3 aromatic rings.